The highest BCUT2D eigenvalue weighted by molar-refractivity contribution is 6.04. The van der Waals surface area contributed by atoms with Crippen LogP contribution in [-0.4, -0.2) is 54.6 Å². The van der Waals surface area contributed by atoms with Gasteiger partial charge >= 0.3 is 0 Å². The van der Waals surface area contributed by atoms with E-state index in [2.05, 4.69) is 5.32 Å². The van der Waals surface area contributed by atoms with Crippen LogP contribution in [0.4, 0.5) is 11.4 Å². The van der Waals surface area contributed by atoms with Crippen molar-refractivity contribution in [3.05, 3.63) is 24.3 Å². The van der Waals surface area contributed by atoms with E-state index < -0.39 is 0 Å². The molecular weight excluding hydrogens is 270 g/mol. The van der Waals surface area contributed by atoms with Crippen molar-refractivity contribution in [3.63, 3.8) is 0 Å². The van der Waals surface area contributed by atoms with Gasteiger partial charge in [-0.3, -0.25) is 14.5 Å². The summed E-state index contributed by atoms with van der Waals surface area (Å²) >= 11 is 0. The summed E-state index contributed by atoms with van der Waals surface area (Å²) < 4.78 is 0. The van der Waals surface area contributed by atoms with Crippen LogP contribution in [0.3, 0.4) is 0 Å². The molecule has 0 radical (unpaired) electrons. The van der Waals surface area contributed by atoms with Crippen molar-refractivity contribution in [3.8, 4) is 0 Å². The lowest BCUT2D eigenvalue weighted by Crippen LogP contribution is -2.44. The number of benzene rings is 1. The van der Waals surface area contributed by atoms with Crippen molar-refractivity contribution in [1.29, 1.82) is 0 Å². The van der Waals surface area contributed by atoms with E-state index in [0.717, 1.165) is 5.69 Å². The number of aliphatic hydroxyl groups is 1. The zero-order chi connectivity index (χ0) is 15.4. The minimum Gasteiger partial charge on any atom is -0.395 e. The summed E-state index contributed by atoms with van der Waals surface area (Å²) in [5, 5.41) is 11.8. The van der Waals surface area contributed by atoms with Gasteiger partial charge in [-0.25, -0.2) is 0 Å². The summed E-state index contributed by atoms with van der Waals surface area (Å²) in [6, 6.07) is 7.10. The number of carbonyl (C=O) groups is 2. The molecule has 1 aliphatic heterocycles. The highest BCUT2D eigenvalue weighted by Crippen LogP contribution is 2.31. The van der Waals surface area contributed by atoms with Crippen LogP contribution in [0.15, 0.2) is 24.3 Å². The Hall–Kier alpha value is -1.92. The number of likely N-dealkylation sites (N-methyl/N-ethyl adjacent to an activating group) is 1. The van der Waals surface area contributed by atoms with Crippen molar-refractivity contribution in [2.75, 3.05) is 37.0 Å². The Morgan fingerprint density at radius 3 is 2.90 bits per heavy atom. The van der Waals surface area contributed by atoms with Crippen molar-refractivity contribution in [2.45, 2.75) is 19.4 Å². The first-order chi connectivity index (χ1) is 10.0. The van der Waals surface area contributed by atoms with Crippen molar-refractivity contribution >= 4 is 23.2 Å². The molecule has 114 valence electrons. The molecule has 0 unspecified atom stereocenters. The molecule has 2 N–H and O–H groups in total. The van der Waals surface area contributed by atoms with Gasteiger partial charge in [-0.2, -0.15) is 0 Å². The van der Waals surface area contributed by atoms with E-state index in [-0.39, 0.29) is 37.4 Å². The number of carbonyl (C=O) groups excluding carboxylic acids is 2. The van der Waals surface area contributed by atoms with E-state index in [0.29, 0.717) is 12.2 Å². The van der Waals surface area contributed by atoms with E-state index in [1.54, 1.807) is 22.9 Å². The molecule has 1 aliphatic rings. The second kappa shape index (κ2) is 6.69. The molecule has 1 aromatic rings. The molecule has 0 saturated carbocycles. The Balaban J connectivity index is 2.27. The number of rotatable bonds is 4. The first-order valence-electron chi connectivity index (χ1n) is 7.03. The van der Waals surface area contributed by atoms with Crippen LogP contribution in [-0.2, 0) is 9.59 Å². The monoisotopic (exact) mass is 291 g/mol. The van der Waals surface area contributed by atoms with Gasteiger partial charge in [0.1, 0.15) is 0 Å². The molecule has 6 heteroatoms. The van der Waals surface area contributed by atoms with Crippen LogP contribution in [0.25, 0.3) is 0 Å². The molecule has 0 saturated heterocycles. The molecule has 2 amide bonds. The number of para-hydroxylation sites is 2. The first-order valence-corrected chi connectivity index (χ1v) is 7.03. The lowest BCUT2D eigenvalue weighted by Gasteiger charge is -2.29. The van der Waals surface area contributed by atoms with Crippen LogP contribution >= 0.6 is 0 Å². The lowest BCUT2D eigenvalue weighted by molar-refractivity contribution is -0.120. The van der Waals surface area contributed by atoms with Crippen molar-refractivity contribution < 1.29 is 14.7 Å². The van der Waals surface area contributed by atoms with Crippen LogP contribution in [0, 0.1) is 0 Å². The van der Waals surface area contributed by atoms with Gasteiger partial charge in [-0.1, -0.05) is 12.1 Å². The Labute approximate surface area is 124 Å². The fourth-order valence-corrected chi connectivity index (χ4v) is 2.52. The second-order valence-corrected chi connectivity index (χ2v) is 5.34. The molecule has 0 spiro atoms. The summed E-state index contributed by atoms with van der Waals surface area (Å²) in [6.45, 7) is 2.52. The van der Waals surface area contributed by atoms with E-state index in [1.165, 1.54) is 0 Å². The van der Waals surface area contributed by atoms with Crippen LogP contribution in [0.5, 0.6) is 0 Å². The average Bonchev–Trinajstić information content (AvgIpc) is 2.53. The Morgan fingerprint density at radius 1 is 1.48 bits per heavy atom. The number of hydrogen-bond acceptors (Lipinski definition) is 4. The van der Waals surface area contributed by atoms with Crippen LogP contribution in [0.1, 0.15) is 13.3 Å². The molecule has 1 atom stereocenters. The summed E-state index contributed by atoms with van der Waals surface area (Å²) in [4.78, 5) is 27.9. The van der Waals surface area contributed by atoms with E-state index in [9.17, 15) is 9.59 Å². The molecule has 0 fully saturated rings. The van der Waals surface area contributed by atoms with Crippen LogP contribution in [0.2, 0.25) is 0 Å². The Kier molecular flexibility index (Phi) is 4.93. The molecule has 0 bridgehead atoms. The largest absolute Gasteiger partial charge is 0.395 e. The van der Waals surface area contributed by atoms with Gasteiger partial charge in [-0.05, 0) is 26.1 Å². The summed E-state index contributed by atoms with van der Waals surface area (Å²) in [6.07, 6.45) is 0.268. The molecular formula is C15H21N3O3. The molecule has 0 aliphatic carbocycles. The quantitative estimate of drug-likeness (QED) is 0.855. The summed E-state index contributed by atoms with van der Waals surface area (Å²) in [7, 11) is 1.78. The number of aliphatic hydroxyl groups excluding tert-OH is 1. The SMILES string of the molecule is C[C@@H]1CC(=O)Nc2ccccc2N1C(=O)CN(C)CCO. The second-order valence-electron chi connectivity index (χ2n) is 5.34. The van der Waals surface area contributed by atoms with Gasteiger partial charge in [0.15, 0.2) is 0 Å². The van der Waals surface area contributed by atoms with Crippen LogP contribution < -0.4 is 10.2 Å². The van der Waals surface area contributed by atoms with Gasteiger partial charge in [0, 0.05) is 19.0 Å². The zero-order valence-electron chi connectivity index (χ0n) is 12.4. The van der Waals surface area contributed by atoms with Gasteiger partial charge in [0.25, 0.3) is 0 Å². The summed E-state index contributed by atoms with van der Waals surface area (Å²) in [5.74, 6) is -0.170. The number of amides is 2. The number of nitrogens with one attached hydrogen (secondary N) is 1. The van der Waals surface area contributed by atoms with E-state index >= 15 is 0 Å². The molecule has 1 aromatic carbocycles. The van der Waals surface area contributed by atoms with Gasteiger partial charge in [0.2, 0.25) is 11.8 Å². The minimum absolute atomic E-state index is 0.00988. The van der Waals surface area contributed by atoms with Gasteiger partial charge in [-0.15, -0.1) is 0 Å². The van der Waals surface area contributed by atoms with Crippen molar-refractivity contribution in [2.24, 2.45) is 0 Å². The topological polar surface area (TPSA) is 72.9 Å². The predicted octanol–water partition coefficient (Wildman–Crippen LogP) is 0.674. The number of anilines is 2. The minimum atomic E-state index is -0.205. The number of hydrogen-bond donors (Lipinski definition) is 2. The highest BCUT2D eigenvalue weighted by Gasteiger charge is 2.29. The Morgan fingerprint density at radius 2 is 2.19 bits per heavy atom. The van der Waals surface area contributed by atoms with Crippen molar-refractivity contribution in [1.82, 2.24) is 4.90 Å². The molecule has 0 aromatic heterocycles. The smallest absolute Gasteiger partial charge is 0.241 e. The molecule has 2 rings (SSSR count). The third-order valence-corrected chi connectivity index (χ3v) is 3.51. The predicted molar refractivity (Wildman–Crippen MR) is 81.2 cm³/mol. The summed E-state index contributed by atoms with van der Waals surface area (Å²) in [5.41, 5.74) is 1.38. The third-order valence-electron chi connectivity index (χ3n) is 3.51. The third kappa shape index (κ3) is 3.59. The Bertz CT molecular complexity index is 533. The standard InChI is InChI=1S/C15H21N3O3/c1-11-9-14(20)16-12-5-3-4-6-13(12)18(11)15(21)10-17(2)7-8-19/h3-6,11,19H,7-10H2,1-2H3,(H,16,20)/t11-/m1/s1. The maximum absolute atomic E-state index is 12.6. The van der Waals surface area contributed by atoms with Gasteiger partial charge in [0.05, 0.1) is 24.5 Å². The average molecular weight is 291 g/mol. The maximum atomic E-state index is 12.6. The maximum Gasteiger partial charge on any atom is 0.241 e. The lowest BCUT2D eigenvalue weighted by atomic mass is 10.1. The number of nitrogens with zero attached hydrogens (tertiary/aromatic N) is 2. The zero-order valence-corrected chi connectivity index (χ0v) is 12.4. The van der Waals surface area contributed by atoms with E-state index in [4.69, 9.17) is 5.11 Å². The fraction of sp³-hybridized carbons (Fsp3) is 0.467. The normalized spacial score (nSPS) is 18.2. The molecule has 21 heavy (non-hydrogen) atoms. The van der Waals surface area contributed by atoms with E-state index in [1.807, 2.05) is 25.1 Å². The molecule has 1 heterocycles. The molecule has 6 nitrogen and oxygen atoms in total. The highest BCUT2D eigenvalue weighted by atomic mass is 16.3. The van der Waals surface area contributed by atoms with Gasteiger partial charge < -0.3 is 15.3 Å². The fourth-order valence-electron chi connectivity index (χ4n) is 2.52. The number of fused-ring (bicyclic) bond motifs is 1. The first kappa shape index (κ1) is 15.5.